The first-order valence-corrected chi connectivity index (χ1v) is 19.9. The summed E-state index contributed by atoms with van der Waals surface area (Å²) in [5.74, 6) is 1.68. The van der Waals surface area contributed by atoms with E-state index in [1.54, 1.807) is 13.8 Å². The summed E-state index contributed by atoms with van der Waals surface area (Å²) in [5.41, 5.74) is -0.781. The highest BCUT2D eigenvalue weighted by Gasteiger charge is 2.84. The van der Waals surface area contributed by atoms with Crippen molar-refractivity contribution in [1.82, 2.24) is 9.80 Å². The van der Waals surface area contributed by atoms with Gasteiger partial charge < -0.3 is 29.5 Å². The normalized spacial score (nSPS) is 52.8. The van der Waals surface area contributed by atoms with Crippen LogP contribution in [-0.2, 0) is 14.2 Å². The number of nitrogens with zero attached hydrogens (tertiary/aromatic N) is 2. The fourth-order valence-electron chi connectivity index (χ4n) is 14.6. The lowest BCUT2D eigenvalue weighted by Gasteiger charge is -2.64. The van der Waals surface area contributed by atoms with Gasteiger partial charge in [0.25, 0.3) is 0 Å². The van der Waals surface area contributed by atoms with Gasteiger partial charge in [0.15, 0.2) is 6.29 Å². The molecule has 0 bridgehead atoms. The molecule has 0 radical (unpaired) electrons. The van der Waals surface area contributed by atoms with Gasteiger partial charge in [-0.05, 0) is 124 Å². The molecule has 3 N–H and O–H groups in total. The minimum atomic E-state index is -1.24. The van der Waals surface area contributed by atoms with Crippen LogP contribution in [0.15, 0.2) is 0 Å². The van der Waals surface area contributed by atoms with Crippen LogP contribution < -0.4 is 0 Å². The van der Waals surface area contributed by atoms with Crippen LogP contribution in [0.5, 0.6) is 0 Å². The summed E-state index contributed by atoms with van der Waals surface area (Å²) in [5, 5.41) is 34.2. The first-order valence-electron chi connectivity index (χ1n) is 19.9. The van der Waals surface area contributed by atoms with Gasteiger partial charge in [-0.25, -0.2) is 0 Å². The highest BCUT2D eigenvalue weighted by atomic mass is 16.7. The Morgan fingerprint density at radius 1 is 0.938 bits per heavy atom. The number of fused-ring (bicyclic) bond motifs is 4. The summed E-state index contributed by atoms with van der Waals surface area (Å²) in [6, 6.07) is 1.25. The summed E-state index contributed by atoms with van der Waals surface area (Å²) in [6.07, 6.45) is 6.90. The Morgan fingerprint density at radius 2 is 1.62 bits per heavy atom. The van der Waals surface area contributed by atoms with Crippen molar-refractivity contribution in [2.75, 3.05) is 32.8 Å². The molecule has 274 valence electrons. The van der Waals surface area contributed by atoms with Crippen LogP contribution in [-0.4, -0.2) is 112 Å². The van der Waals surface area contributed by atoms with E-state index in [0.717, 1.165) is 58.5 Å². The van der Waals surface area contributed by atoms with Gasteiger partial charge in [0.2, 0.25) is 0 Å². The number of rotatable bonds is 6. The van der Waals surface area contributed by atoms with Crippen LogP contribution in [0, 0.1) is 50.7 Å². The van der Waals surface area contributed by atoms with Gasteiger partial charge in [0.05, 0.1) is 36.6 Å². The number of aliphatic hydroxyl groups excluding tert-OH is 2. The number of hydrogen-bond donors (Lipinski definition) is 3. The van der Waals surface area contributed by atoms with Crippen LogP contribution in [0.2, 0.25) is 0 Å². The van der Waals surface area contributed by atoms with E-state index in [1.807, 2.05) is 0 Å². The Morgan fingerprint density at radius 3 is 2.31 bits per heavy atom. The molecule has 8 rings (SSSR count). The molecule has 0 aromatic rings. The second-order valence-electron chi connectivity index (χ2n) is 20.3. The third kappa shape index (κ3) is 4.54. The largest absolute Gasteiger partial charge is 0.390 e. The molecular formula is C40H68N2O6. The Balaban J connectivity index is 0.991. The molecular weight excluding hydrogens is 604 g/mol. The standard InChI is InChI=1S/C40H68N2O6/c1-23(2)42-19-25(20-42)41-16-17-46-30(21-41)48-29-12-13-39-22-40(39)15-14-37(8)31-24(3)18-26(33(43)36(6,7)45)47-32(31)34(44)38(37,9)28(40)11-10-27(39)35(29,4)5/h23-34,43-45H,10-22H2,1-9H3/t24-,26-,27+,28+,29+,30+,31+,32+,33+,34+,37-,38-,39?,40+/m1/s1. The molecule has 8 heteroatoms. The number of hydrogen-bond acceptors (Lipinski definition) is 8. The molecule has 5 aliphatic carbocycles. The topological polar surface area (TPSA) is 94.9 Å². The minimum Gasteiger partial charge on any atom is -0.390 e. The Kier molecular flexibility index (Phi) is 8.04. The van der Waals surface area contributed by atoms with Crippen molar-refractivity contribution in [1.29, 1.82) is 0 Å². The lowest BCUT2D eigenvalue weighted by Crippen LogP contribution is -2.64. The number of ether oxygens (including phenoxy) is 3. The van der Waals surface area contributed by atoms with Crippen molar-refractivity contribution < 1.29 is 29.5 Å². The van der Waals surface area contributed by atoms with E-state index in [-0.39, 0.29) is 40.7 Å². The molecule has 1 unspecified atom stereocenters. The third-order valence-corrected chi connectivity index (χ3v) is 17.4. The molecule has 8 fully saturated rings. The summed E-state index contributed by atoms with van der Waals surface area (Å²) in [4.78, 5) is 5.18. The van der Waals surface area contributed by atoms with Crippen LogP contribution in [0.3, 0.4) is 0 Å². The van der Waals surface area contributed by atoms with E-state index in [2.05, 4.69) is 58.3 Å². The van der Waals surface area contributed by atoms with Crippen LogP contribution >= 0.6 is 0 Å². The monoisotopic (exact) mass is 673 g/mol. The van der Waals surface area contributed by atoms with Crippen molar-refractivity contribution in [3.63, 3.8) is 0 Å². The molecule has 3 heterocycles. The highest BCUT2D eigenvalue weighted by molar-refractivity contribution is 5.33. The molecule has 3 saturated heterocycles. The van der Waals surface area contributed by atoms with E-state index >= 15 is 0 Å². The zero-order valence-electron chi connectivity index (χ0n) is 31.6. The summed E-state index contributed by atoms with van der Waals surface area (Å²) < 4.78 is 20.0. The molecule has 3 aliphatic heterocycles. The van der Waals surface area contributed by atoms with Crippen molar-refractivity contribution >= 4 is 0 Å². The van der Waals surface area contributed by atoms with E-state index < -0.39 is 23.9 Å². The van der Waals surface area contributed by atoms with E-state index in [4.69, 9.17) is 14.2 Å². The van der Waals surface area contributed by atoms with Crippen LogP contribution in [0.4, 0.5) is 0 Å². The molecule has 0 aromatic carbocycles. The molecule has 2 spiro atoms. The quantitative estimate of drug-likeness (QED) is 0.361. The predicted molar refractivity (Wildman–Crippen MR) is 185 cm³/mol. The smallest absolute Gasteiger partial charge is 0.170 e. The van der Waals surface area contributed by atoms with Crippen molar-refractivity contribution in [2.45, 2.75) is 168 Å². The highest BCUT2D eigenvalue weighted by Crippen LogP contribution is 2.89. The maximum Gasteiger partial charge on any atom is 0.170 e. The average molecular weight is 673 g/mol. The molecule has 8 aliphatic rings. The van der Waals surface area contributed by atoms with Crippen molar-refractivity contribution in [3.05, 3.63) is 0 Å². The third-order valence-electron chi connectivity index (χ3n) is 17.4. The first kappa shape index (κ1) is 34.7. The lowest BCUT2D eigenvalue weighted by atomic mass is 9.41. The van der Waals surface area contributed by atoms with Crippen molar-refractivity contribution in [3.8, 4) is 0 Å². The fraction of sp³-hybridized carbons (Fsp3) is 1.00. The van der Waals surface area contributed by atoms with E-state index in [1.165, 1.54) is 25.7 Å². The lowest BCUT2D eigenvalue weighted by molar-refractivity contribution is -0.253. The molecule has 8 nitrogen and oxygen atoms in total. The van der Waals surface area contributed by atoms with Gasteiger partial charge in [0, 0.05) is 43.7 Å². The first-order chi connectivity index (χ1) is 22.4. The van der Waals surface area contributed by atoms with Gasteiger partial charge in [-0.3, -0.25) is 9.80 Å². The second-order valence-corrected chi connectivity index (χ2v) is 20.3. The zero-order valence-corrected chi connectivity index (χ0v) is 31.6. The SMILES string of the molecule is CC(C)N1CC(N2CCO[C@@H](O[C@H]3CCC45C[C@]46CC[C@]4(C)[C@@H]7[C@H](O[C@@H]([C@H](O)C(C)(C)O)C[C@H]7C)[C@H](O)[C@@]4(C)[C@@H]6CC[C@H]5C3(C)C)C2)C1. The predicted octanol–water partition coefficient (Wildman–Crippen LogP) is 5.07. The summed E-state index contributed by atoms with van der Waals surface area (Å²) >= 11 is 0. The molecule has 14 atom stereocenters. The van der Waals surface area contributed by atoms with Gasteiger partial charge >= 0.3 is 0 Å². The fourth-order valence-corrected chi connectivity index (χ4v) is 14.6. The molecule has 48 heavy (non-hydrogen) atoms. The van der Waals surface area contributed by atoms with Gasteiger partial charge in [-0.2, -0.15) is 0 Å². The molecule has 0 aromatic heterocycles. The Labute approximate surface area is 290 Å². The van der Waals surface area contributed by atoms with Gasteiger partial charge in [-0.15, -0.1) is 0 Å². The Bertz CT molecular complexity index is 1250. The maximum atomic E-state index is 12.5. The minimum absolute atomic E-state index is 0.0135. The molecule has 5 saturated carbocycles. The zero-order chi connectivity index (χ0) is 34.4. The van der Waals surface area contributed by atoms with Crippen molar-refractivity contribution in [2.24, 2.45) is 50.7 Å². The number of morpholine rings is 1. The number of aliphatic hydroxyl groups is 3. The van der Waals surface area contributed by atoms with Crippen LogP contribution in [0.1, 0.15) is 114 Å². The van der Waals surface area contributed by atoms with Gasteiger partial charge in [0.1, 0.15) is 6.10 Å². The van der Waals surface area contributed by atoms with E-state index in [9.17, 15) is 15.3 Å². The van der Waals surface area contributed by atoms with E-state index in [0.29, 0.717) is 40.7 Å². The average Bonchev–Trinajstić information content (AvgIpc) is 3.61. The van der Waals surface area contributed by atoms with Gasteiger partial charge in [-0.1, -0.05) is 34.6 Å². The maximum absolute atomic E-state index is 12.5. The number of likely N-dealkylation sites (tertiary alicyclic amines) is 1. The molecule has 0 amide bonds. The second kappa shape index (κ2) is 11.1. The van der Waals surface area contributed by atoms with Crippen LogP contribution in [0.25, 0.3) is 0 Å². The summed E-state index contributed by atoms with van der Waals surface area (Å²) in [7, 11) is 0. The summed E-state index contributed by atoms with van der Waals surface area (Å²) in [6.45, 7) is 25.1. The Hall–Kier alpha value is -0.320.